The van der Waals surface area contributed by atoms with E-state index < -0.39 is 12.7 Å². The van der Waals surface area contributed by atoms with Crippen LogP contribution in [0.25, 0.3) is 0 Å². The van der Waals surface area contributed by atoms with Crippen LogP contribution in [0.1, 0.15) is 5.56 Å². The largest absolute Gasteiger partial charge is 0.443 e. The normalized spacial score (nSPS) is 13.1. The van der Waals surface area contributed by atoms with E-state index in [1.807, 2.05) is 60.7 Å². The Morgan fingerprint density at radius 2 is 1.68 bits per heavy atom. The number of hydrogen-bond acceptors (Lipinski definition) is 5. The molecular weight excluding hydrogens is 321 g/mol. The number of hydroxylamine groups is 1. The van der Waals surface area contributed by atoms with E-state index in [0.29, 0.717) is 0 Å². The summed E-state index contributed by atoms with van der Waals surface area (Å²) in [6, 6.07) is 18.4. The smallest absolute Gasteiger partial charge is 0.432 e. The molecule has 0 spiro atoms. The molecule has 0 radical (unpaired) electrons. The quantitative estimate of drug-likeness (QED) is 0.623. The van der Waals surface area contributed by atoms with Crippen LogP contribution in [0.15, 0.2) is 65.6 Å². The van der Waals surface area contributed by atoms with Crippen molar-refractivity contribution in [1.82, 2.24) is 5.48 Å². The monoisotopic (exact) mass is 337 g/mol. The molecule has 0 fully saturated rings. The maximum atomic E-state index is 12.2. The van der Waals surface area contributed by atoms with Gasteiger partial charge in [0, 0.05) is 11.6 Å². The Bertz CT molecular complexity index is 651. The van der Waals surface area contributed by atoms with E-state index in [-0.39, 0.29) is 6.61 Å². The van der Waals surface area contributed by atoms with Gasteiger partial charge in [0.25, 0.3) is 6.57 Å². The molecule has 0 bridgehead atoms. The zero-order chi connectivity index (χ0) is 15.8. The van der Waals surface area contributed by atoms with Crippen molar-refractivity contribution in [3.63, 3.8) is 0 Å². The molecule has 1 atom stereocenters. The second kappa shape index (κ2) is 8.03. The molecule has 0 heterocycles. The summed E-state index contributed by atoms with van der Waals surface area (Å²) in [5, 5.41) is 0. The average molecular weight is 337 g/mol. The third-order valence-electron chi connectivity index (χ3n) is 2.52. The Labute approximate surface area is 133 Å². The first-order chi connectivity index (χ1) is 10.6. The first-order valence-corrected chi connectivity index (χ1v) is 10.0. The first kappa shape index (κ1) is 16.6. The Morgan fingerprint density at radius 1 is 1.09 bits per heavy atom. The molecule has 1 unspecified atom stereocenters. The molecule has 0 aliphatic rings. The van der Waals surface area contributed by atoms with Gasteiger partial charge in [-0.2, -0.15) is 5.48 Å². The van der Waals surface area contributed by atoms with Crippen LogP contribution in [0.2, 0.25) is 0 Å². The van der Waals surface area contributed by atoms with Crippen molar-refractivity contribution < 1.29 is 18.7 Å². The molecule has 0 aliphatic carbocycles. The minimum absolute atomic E-state index is 0.121. The summed E-state index contributed by atoms with van der Waals surface area (Å²) in [6.07, 6.45) is -0.778. The van der Waals surface area contributed by atoms with E-state index >= 15 is 0 Å². The number of nitrogens with one attached hydrogen (secondary N) is 1. The molecular formula is C15H16NO4PS. The highest BCUT2D eigenvalue weighted by molar-refractivity contribution is 8.56. The molecule has 1 amide bonds. The highest BCUT2D eigenvalue weighted by atomic mass is 32.7. The number of benzene rings is 2. The van der Waals surface area contributed by atoms with Gasteiger partial charge in [0.05, 0.1) is 0 Å². The Hall–Kier alpha value is -1.75. The lowest BCUT2D eigenvalue weighted by Crippen LogP contribution is -2.22. The van der Waals surface area contributed by atoms with Crippen LogP contribution in [-0.2, 0) is 20.5 Å². The molecule has 2 aromatic rings. The lowest BCUT2D eigenvalue weighted by Gasteiger charge is -2.13. The summed E-state index contributed by atoms with van der Waals surface area (Å²) in [6.45, 7) is -1.51. The van der Waals surface area contributed by atoms with Crippen molar-refractivity contribution in [2.75, 3.05) is 6.66 Å². The summed E-state index contributed by atoms with van der Waals surface area (Å²) in [5.74, 6) is 0. The standard InChI is InChI=1S/C15H16NO4PS/c1-21(18,22-14-10-6-3-7-11-14)20-16-15(17)19-12-13-8-4-2-5-9-13/h2-11H,12H2,1H3,(H,16,17). The number of carbonyl (C=O) groups is 1. The van der Waals surface area contributed by atoms with Crippen molar-refractivity contribution in [2.24, 2.45) is 0 Å². The molecule has 22 heavy (non-hydrogen) atoms. The second-order valence-corrected chi connectivity index (χ2v) is 9.35. The molecule has 116 valence electrons. The zero-order valence-electron chi connectivity index (χ0n) is 12.0. The van der Waals surface area contributed by atoms with E-state index in [1.165, 1.54) is 6.66 Å². The Morgan fingerprint density at radius 3 is 2.32 bits per heavy atom. The molecule has 2 rings (SSSR count). The fourth-order valence-electron chi connectivity index (χ4n) is 1.56. The fraction of sp³-hybridized carbons (Fsp3) is 0.133. The van der Waals surface area contributed by atoms with Gasteiger partial charge >= 0.3 is 6.09 Å². The van der Waals surface area contributed by atoms with E-state index in [2.05, 4.69) is 5.48 Å². The van der Waals surface area contributed by atoms with Crippen molar-refractivity contribution in [3.05, 3.63) is 66.2 Å². The highest BCUT2D eigenvalue weighted by Crippen LogP contribution is 2.58. The first-order valence-electron chi connectivity index (χ1n) is 6.53. The van der Waals surface area contributed by atoms with Crippen molar-refractivity contribution in [3.8, 4) is 0 Å². The molecule has 0 aromatic heterocycles. The average Bonchev–Trinajstić information content (AvgIpc) is 2.53. The van der Waals surface area contributed by atoms with Crippen molar-refractivity contribution in [2.45, 2.75) is 11.5 Å². The van der Waals surface area contributed by atoms with Crippen LogP contribution in [0, 0.1) is 0 Å². The lowest BCUT2D eigenvalue weighted by molar-refractivity contribution is 0.0978. The molecule has 7 heteroatoms. The maximum absolute atomic E-state index is 12.2. The third kappa shape index (κ3) is 5.93. The van der Waals surface area contributed by atoms with Gasteiger partial charge in [-0.05, 0) is 29.1 Å². The van der Waals surface area contributed by atoms with Gasteiger partial charge in [-0.25, -0.2) is 9.42 Å². The van der Waals surface area contributed by atoms with Gasteiger partial charge in [0.15, 0.2) is 0 Å². The van der Waals surface area contributed by atoms with Crippen LogP contribution in [0.4, 0.5) is 4.79 Å². The van der Waals surface area contributed by atoms with Gasteiger partial charge in [-0.15, -0.1) is 0 Å². The number of carbonyl (C=O) groups excluding carboxylic acids is 1. The minimum atomic E-state index is -3.06. The zero-order valence-corrected chi connectivity index (χ0v) is 13.7. The van der Waals surface area contributed by atoms with E-state index in [1.54, 1.807) is 0 Å². The van der Waals surface area contributed by atoms with Crippen molar-refractivity contribution >= 4 is 24.0 Å². The fourth-order valence-corrected chi connectivity index (χ4v) is 4.24. The summed E-state index contributed by atoms with van der Waals surface area (Å²) in [4.78, 5) is 12.3. The minimum Gasteiger partial charge on any atom is -0.443 e. The molecule has 0 saturated carbocycles. The summed E-state index contributed by atoms with van der Waals surface area (Å²) in [5.41, 5.74) is 2.93. The molecule has 0 aliphatic heterocycles. The van der Waals surface area contributed by atoms with Gasteiger partial charge in [0.1, 0.15) is 6.61 Å². The number of rotatable bonds is 6. The summed E-state index contributed by atoms with van der Waals surface area (Å²) < 4.78 is 22.2. The predicted octanol–water partition coefficient (Wildman–Crippen LogP) is 4.46. The predicted molar refractivity (Wildman–Crippen MR) is 86.7 cm³/mol. The SMILES string of the molecule is CP(=O)(ONC(=O)OCc1ccccc1)Sc1ccccc1. The Balaban J connectivity index is 1.76. The molecule has 0 saturated heterocycles. The molecule has 5 nitrogen and oxygen atoms in total. The lowest BCUT2D eigenvalue weighted by atomic mass is 10.2. The van der Waals surface area contributed by atoms with E-state index in [0.717, 1.165) is 21.8 Å². The van der Waals surface area contributed by atoms with Crippen molar-refractivity contribution in [1.29, 1.82) is 0 Å². The van der Waals surface area contributed by atoms with Gasteiger partial charge in [-0.1, -0.05) is 48.5 Å². The van der Waals surface area contributed by atoms with Crippen LogP contribution < -0.4 is 5.48 Å². The molecule has 1 N–H and O–H groups in total. The van der Waals surface area contributed by atoms with Crippen LogP contribution in [-0.4, -0.2) is 12.8 Å². The number of ether oxygens (including phenoxy) is 1. The van der Waals surface area contributed by atoms with Crippen LogP contribution in [0.5, 0.6) is 0 Å². The topological polar surface area (TPSA) is 64.6 Å². The van der Waals surface area contributed by atoms with Gasteiger partial charge in [0.2, 0.25) is 0 Å². The summed E-state index contributed by atoms with van der Waals surface area (Å²) >= 11 is 1.07. The second-order valence-electron chi connectivity index (χ2n) is 4.43. The third-order valence-corrected chi connectivity index (χ3v) is 5.61. The van der Waals surface area contributed by atoms with Crippen LogP contribution >= 0.6 is 18.0 Å². The van der Waals surface area contributed by atoms with Gasteiger partial charge in [-0.3, -0.25) is 4.57 Å². The number of amides is 1. The summed E-state index contributed by atoms with van der Waals surface area (Å²) in [7, 11) is 0. The molecule has 2 aromatic carbocycles. The van der Waals surface area contributed by atoms with Crippen LogP contribution in [0.3, 0.4) is 0 Å². The maximum Gasteiger partial charge on any atom is 0.432 e. The highest BCUT2D eigenvalue weighted by Gasteiger charge is 2.20. The Kier molecular flexibility index (Phi) is 6.07. The van der Waals surface area contributed by atoms with E-state index in [4.69, 9.17) is 9.36 Å². The van der Waals surface area contributed by atoms with Gasteiger partial charge < -0.3 is 4.74 Å². The van der Waals surface area contributed by atoms with E-state index in [9.17, 15) is 9.36 Å². The number of hydrogen-bond donors (Lipinski definition) is 1.